The van der Waals surface area contributed by atoms with Crippen LogP contribution in [0, 0.1) is 5.92 Å². The van der Waals surface area contributed by atoms with Crippen LogP contribution in [-0.2, 0) is 6.61 Å². The molecule has 3 nitrogen and oxygen atoms in total. The predicted molar refractivity (Wildman–Crippen MR) is 88.6 cm³/mol. The molecule has 1 aromatic rings. The summed E-state index contributed by atoms with van der Waals surface area (Å²) in [5, 5.41) is 12.7. The Morgan fingerprint density at radius 2 is 2.00 bits per heavy atom. The molecule has 1 unspecified atom stereocenters. The summed E-state index contributed by atoms with van der Waals surface area (Å²) in [5.74, 6) is 0.498. The summed E-state index contributed by atoms with van der Waals surface area (Å²) in [5.41, 5.74) is 2.04. The fraction of sp³-hybridized carbons (Fsp3) is 0.667. The molecule has 0 spiro atoms. The van der Waals surface area contributed by atoms with Gasteiger partial charge in [0.25, 0.3) is 0 Å². The van der Waals surface area contributed by atoms with Gasteiger partial charge in [0.05, 0.1) is 13.2 Å². The van der Waals surface area contributed by atoms with E-state index in [0.717, 1.165) is 36.9 Å². The molecular formula is C18H27F3N2O. The highest BCUT2D eigenvalue weighted by molar-refractivity contribution is 5.25. The number of nitrogens with zero attached hydrogens (tertiary/aromatic N) is 1. The second-order valence-electron chi connectivity index (χ2n) is 6.70. The number of benzene rings is 1. The van der Waals surface area contributed by atoms with E-state index in [1.807, 2.05) is 24.3 Å². The summed E-state index contributed by atoms with van der Waals surface area (Å²) in [6.07, 6.45) is -1.42. The van der Waals surface area contributed by atoms with E-state index in [-0.39, 0.29) is 12.6 Å². The van der Waals surface area contributed by atoms with Crippen molar-refractivity contribution in [1.82, 2.24) is 10.2 Å². The van der Waals surface area contributed by atoms with Crippen LogP contribution >= 0.6 is 0 Å². The molecular weight excluding hydrogens is 317 g/mol. The number of hydrogen-bond donors (Lipinski definition) is 2. The smallest absolute Gasteiger partial charge is 0.392 e. The van der Waals surface area contributed by atoms with E-state index in [2.05, 4.69) is 12.2 Å². The molecule has 0 aromatic heterocycles. The monoisotopic (exact) mass is 344 g/mol. The number of aliphatic hydroxyl groups excluding tert-OH is 1. The summed E-state index contributed by atoms with van der Waals surface area (Å²) in [6, 6.07) is 8.06. The Labute approximate surface area is 141 Å². The van der Waals surface area contributed by atoms with E-state index >= 15 is 0 Å². The number of aliphatic hydroxyl groups is 1. The number of likely N-dealkylation sites (tertiary alicyclic amines) is 1. The molecule has 6 heteroatoms. The van der Waals surface area contributed by atoms with Crippen LogP contribution in [0.25, 0.3) is 0 Å². The van der Waals surface area contributed by atoms with Gasteiger partial charge < -0.3 is 10.4 Å². The van der Waals surface area contributed by atoms with Gasteiger partial charge in [0.2, 0.25) is 0 Å². The maximum Gasteiger partial charge on any atom is 0.401 e. The Hall–Kier alpha value is -1.11. The van der Waals surface area contributed by atoms with Crippen LogP contribution in [0.2, 0.25) is 0 Å². The molecule has 0 saturated carbocycles. The van der Waals surface area contributed by atoms with Crippen LogP contribution in [0.5, 0.6) is 0 Å². The van der Waals surface area contributed by atoms with Crippen LogP contribution < -0.4 is 5.32 Å². The molecule has 24 heavy (non-hydrogen) atoms. The van der Waals surface area contributed by atoms with E-state index in [4.69, 9.17) is 0 Å². The third-order valence-corrected chi connectivity index (χ3v) is 4.75. The quantitative estimate of drug-likeness (QED) is 0.795. The van der Waals surface area contributed by atoms with Crippen molar-refractivity contribution >= 4 is 0 Å². The van der Waals surface area contributed by atoms with E-state index in [9.17, 15) is 18.3 Å². The van der Waals surface area contributed by atoms with Gasteiger partial charge >= 0.3 is 6.18 Å². The second-order valence-corrected chi connectivity index (χ2v) is 6.70. The topological polar surface area (TPSA) is 35.5 Å². The summed E-state index contributed by atoms with van der Waals surface area (Å²) in [6.45, 7) is 3.28. The summed E-state index contributed by atoms with van der Waals surface area (Å²) >= 11 is 0. The van der Waals surface area contributed by atoms with Crippen molar-refractivity contribution in [2.45, 2.75) is 45.0 Å². The van der Waals surface area contributed by atoms with E-state index in [1.165, 1.54) is 4.90 Å². The van der Waals surface area contributed by atoms with Gasteiger partial charge in [-0.15, -0.1) is 0 Å². The molecule has 1 fully saturated rings. The third-order valence-electron chi connectivity index (χ3n) is 4.75. The molecule has 1 aliphatic heterocycles. The fourth-order valence-corrected chi connectivity index (χ4v) is 3.27. The Kier molecular flexibility index (Phi) is 7.07. The molecule has 0 amide bonds. The van der Waals surface area contributed by atoms with Crippen LogP contribution in [-0.4, -0.2) is 42.4 Å². The highest BCUT2D eigenvalue weighted by Crippen LogP contribution is 2.24. The molecule has 136 valence electrons. The van der Waals surface area contributed by atoms with Crippen LogP contribution in [0.1, 0.15) is 43.4 Å². The van der Waals surface area contributed by atoms with Crippen molar-refractivity contribution in [2.24, 2.45) is 5.92 Å². The highest BCUT2D eigenvalue weighted by atomic mass is 19.4. The fourth-order valence-electron chi connectivity index (χ4n) is 3.27. The van der Waals surface area contributed by atoms with Crippen LogP contribution in [0.15, 0.2) is 24.3 Å². The number of alkyl halides is 3. The molecule has 1 heterocycles. The lowest BCUT2D eigenvalue weighted by molar-refractivity contribution is -0.148. The zero-order valence-corrected chi connectivity index (χ0v) is 14.1. The van der Waals surface area contributed by atoms with Gasteiger partial charge in [-0.3, -0.25) is 4.90 Å². The van der Waals surface area contributed by atoms with Gasteiger partial charge in [0, 0.05) is 6.04 Å². The van der Waals surface area contributed by atoms with Crippen molar-refractivity contribution in [3.8, 4) is 0 Å². The number of piperidine rings is 1. The van der Waals surface area contributed by atoms with Crippen molar-refractivity contribution in [3.63, 3.8) is 0 Å². The number of nitrogens with one attached hydrogen (secondary N) is 1. The first-order valence-corrected chi connectivity index (χ1v) is 8.59. The summed E-state index contributed by atoms with van der Waals surface area (Å²) in [7, 11) is 0. The molecule has 0 bridgehead atoms. The number of halogens is 3. The van der Waals surface area contributed by atoms with Gasteiger partial charge in [-0.05, 0) is 62.9 Å². The lowest BCUT2D eigenvalue weighted by Gasteiger charge is -2.32. The zero-order chi connectivity index (χ0) is 17.6. The van der Waals surface area contributed by atoms with E-state index < -0.39 is 12.7 Å². The average Bonchev–Trinajstić information content (AvgIpc) is 2.55. The Balaban J connectivity index is 1.67. The van der Waals surface area contributed by atoms with Gasteiger partial charge in [-0.25, -0.2) is 0 Å². The normalized spacial score (nSPS) is 18.7. The average molecular weight is 344 g/mol. The zero-order valence-electron chi connectivity index (χ0n) is 14.1. The van der Waals surface area contributed by atoms with Gasteiger partial charge in [-0.1, -0.05) is 24.3 Å². The van der Waals surface area contributed by atoms with Gasteiger partial charge in [0.1, 0.15) is 0 Å². The first-order chi connectivity index (χ1) is 11.4. The molecule has 1 aromatic carbocycles. The summed E-state index contributed by atoms with van der Waals surface area (Å²) in [4.78, 5) is 1.51. The highest BCUT2D eigenvalue weighted by Gasteiger charge is 2.32. The lowest BCUT2D eigenvalue weighted by atomic mass is 9.93. The second kappa shape index (κ2) is 8.83. The Bertz CT molecular complexity index is 499. The van der Waals surface area contributed by atoms with Crippen molar-refractivity contribution < 1.29 is 18.3 Å². The van der Waals surface area contributed by atoms with E-state index in [0.29, 0.717) is 19.0 Å². The largest absolute Gasteiger partial charge is 0.401 e. The minimum Gasteiger partial charge on any atom is -0.392 e. The molecule has 0 radical (unpaired) electrons. The minimum absolute atomic E-state index is 0.0387. The lowest BCUT2D eigenvalue weighted by Crippen LogP contribution is -2.40. The minimum atomic E-state index is -4.09. The SMILES string of the molecule is CC(NCCC1CCN(CC(F)(F)F)CC1)c1cccc(CO)c1. The Morgan fingerprint density at radius 3 is 2.62 bits per heavy atom. The van der Waals surface area contributed by atoms with Crippen LogP contribution in [0.4, 0.5) is 13.2 Å². The van der Waals surface area contributed by atoms with Gasteiger partial charge in [0.15, 0.2) is 0 Å². The molecule has 2 rings (SSSR count). The molecule has 1 saturated heterocycles. The third kappa shape index (κ3) is 6.42. The molecule has 1 atom stereocenters. The van der Waals surface area contributed by atoms with Crippen LogP contribution in [0.3, 0.4) is 0 Å². The molecule has 2 N–H and O–H groups in total. The first kappa shape index (κ1) is 19.2. The molecule has 1 aliphatic rings. The van der Waals surface area contributed by atoms with E-state index in [1.54, 1.807) is 0 Å². The van der Waals surface area contributed by atoms with Crippen molar-refractivity contribution in [3.05, 3.63) is 35.4 Å². The molecule has 0 aliphatic carbocycles. The maximum absolute atomic E-state index is 12.4. The Morgan fingerprint density at radius 1 is 1.29 bits per heavy atom. The number of rotatable bonds is 7. The van der Waals surface area contributed by atoms with Gasteiger partial charge in [-0.2, -0.15) is 13.2 Å². The van der Waals surface area contributed by atoms with Crippen molar-refractivity contribution in [1.29, 1.82) is 0 Å². The first-order valence-electron chi connectivity index (χ1n) is 8.59. The number of hydrogen-bond acceptors (Lipinski definition) is 3. The predicted octanol–water partition coefficient (Wildman–Crippen LogP) is 3.49. The van der Waals surface area contributed by atoms with Crippen molar-refractivity contribution in [2.75, 3.05) is 26.2 Å². The maximum atomic E-state index is 12.4. The standard InChI is InChI=1S/C18H27F3N2O/c1-14(17-4-2-3-16(11-17)12-24)22-8-5-15-6-9-23(10-7-15)13-18(19,20)21/h2-4,11,14-15,22,24H,5-10,12-13H2,1H3. The summed E-state index contributed by atoms with van der Waals surface area (Å²) < 4.78 is 37.1.